The number of hydrogen-bond donors (Lipinski definition) is 1. The van der Waals surface area contributed by atoms with Gasteiger partial charge in [-0.15, -0.1) is 0 Å². The van der Waals surface area contributed by atoms with Crippen LogP contribution in [0.3, 0.4) is 0 Å². The highest BCUT2D eigenvalue weighted by Crippen LogP contribution is 2.21. The van der Waals surface area contributed by atoms with Crippen molar-refractivity contribution in [3.63, 3.8) is 0 Å². The molecule has 4 heteroatoms. The van der Waals surface area contributed by atoms with E-state index in [1.165, 1.54) is 5.56 Å². The summed E-state index contributed by atoms with van der Waals surface area (Å²) in [5, 5.41) is 0. The van der Waals surface area contributed by atoms with Gasteiger partial charge in [-0.25, -0.2) is 4.98 Å². The number of thioether (sulfide) groups is 1. The van der Waals surface area contributed by atoms with Crippen LogP contribution < -0.4 is 10.6 Å². The number of hydrogen-bond acceptors (Lipinski definition) is 4. The SMILES string of the molecule is CCC(CSC)N(C)c1ncc(CN)cc1C. The predicted molar refractivity (Wildman–Crippen MR) is 77.7 cm³/mol. The van der Waals surface area contributed by atoms with E-state index in [0.717, 1.165) is 23.6 Å². The molecule has 0 fully saturated rings. The highest BCUT2D eigenvalue weighted by Gasteiger charge is 2.15. The molecular formula is C13H23N3S. The Morgan fingerprint density at radius 1 is 1.53 bits per heavy atom. The first-order valence-corrected chi connectivity index (χ1v) is 7.40. The third-order valence-corrected chi connectivity index (χ3v) is 3.77. The van der Waals surface area contributed by atoms with Gasteiger partial charge < -0.3 is 10.6 Å². The molecule has 1 rings (SSSR count). The van der Waals surface area contributed by atoms with Crippen molar-refractivity contribution in [3.8, 4) is 0 Å². The average Bonchev–Trinajstić information content (AvgIpc) is 2.35. The lowest BCUT2D eigenvalue weighted by Crippen LogP contribution is -2.34. The van der Waals surface area contributed by atoms with Crippen LogP contribution in [0.2, 0.25) is 0 Å². The zero-order chi connectivity index (χ0) is 12.8. The molecule has 1 aromatic heterocycles. The fourth-order valence-electron chi connectivity index (χ4n) is 1.98. The first-order chi connectivity index (χ1) is 8.13. The van der Waals surface area contributed by atoms with E-state index in [-0.39, 0.29) is 0 Å². The van der Waals surface area contributed by atoms with Crippen LogP contribution in [-0.4, -0.2) is 30.1 Å². The van der Waals surface area contributed by atoms with Crippen LogP contribution in [0.1, 0.15) is 24.5 Å². The smallest absolute Gasteiger partial charge is 0.131 e. The maximum absolute atomic E-state index is 5.62. The van der Waals surface area contributed by atoms with Gasteiger partial charge in [0.25, 0.3) is 0 Å². The number of pyridine rings is 1. The number of rotatable bonds is 6. The minimum Gasteiger partial charge on any atom is -0.356 e. The highest BCUT2D eigenvalue weighted by atomic mass is 32.2. The molecule has 2 N–H and O–H groups in total. The van der Waals surface area contributed by atoms with Crippen LogP contribution in [0.25, 0.3) is 0 Å². The molecule has 0 aliphatic carbocycles. The molecule has 0 aromatic carbocycles. The van der Waals surface area contributed by atoms with Gasteiger partial charge in [0, 0.05) is 31.6 Å². The molecular weight excluding hydrogens is 230 g/mol. The molecule has 0 bridgehead atoms. The Bertz CT molecular complexity index is 355. The number of nitrogens with two attached hydrogens (primary N) is 1. The van der Waals surface area contributed by atoms with Crippen LogP contribution in [0.15, 0.2) is 12.3 Å². The van der Waals surface area contributed by atoms with Crippen molar-refractivity contribution in [2.24, 2.45) is 5.73 Å². The van der Waals surface area contributed by atoms with Gasteiger partial charge in [-0.1, -0.05) is 6.92 Å². The number of nitrogens with zero attached hydrogens (tertiary/aromatic N) is 2. The Morgan fingerprint density at radius 2 is 2.24 bits per heavy atom. The second-order valence-electron chi connectivity index (χ2n) is 4.32. The van der Waals surface area contributed by atoms with Crippen molar-refractivity contribution in [1.82, 2.24) is 4.98 Å². The van der Waals surface area contributed by atoms with Crippen LogP contribution in [-0.2, 0) is 6.54 Å². The number of anilines is 1. The Hall–Kier alpha value is -0.740. The van der Waals surface area contributed by atoms with E-state index in [1.54, 1.807) is 0 Å². The number of aryl methyl sites for hydroxylation is 1. The van der Waals surface area contributed by atoms with Crippen molar-refractivity contribution < 1.29 is 0 Å². The van der Waals surface area contributed by atoms with Gasteiger partial charge in [-0.2, -0.15) is 11.8 Å². The first-order valence-electron chi connectivity index (χ1n) is 6.01. The molecule has 1 heterocycles. The van der Waals surface area contributed by atoms with Gasteiger partial charge in [0.15, 0.2) is 0 Å². The summed E-state index contributed by atoms with van der Waals surface area (Å²) in [6.45, 7) is 4.88. The van der Waals surface area contributed by atoms with Crippen LogP contribution in [0.5, 0.6) is 0 Å². The van der Waals surface area contributed by atoms with Crippen LogP contribution >= 0.6 is 11.8 Å². The summed E-state index contributed by atoms with van der Waals surface area (Å²) in [5.74, 6) is 2.20. The molecule has 17 heavy (non-hydrogen) atoms. The van der Waals surface area contributed by atoms with Gasteiger partial charge in [0.1, 0.15) is 5.82 Å². The van der Waals surface area contributed by atoms with Crippen molar-refractivity contribution in [1.29, 1.82) is 0 Å². The largest absolute Gasteiger partial charge is 0.356 e. The number of aromatic nitrogens is 1. The molecule has 3 nitrogen and oxygen atoms in total. The molecule has 0 saturated carbocycles. The van der Waals surface area contributed by atoms with E-state index >= 15 is 0 Å². The monoisotopic (exact) mass is 253 g/mol. The normalized spacial score (nSPS) is 12.5. The van der Waals surface area contributed by atoms with E-state index in [0.29, 0.717) is 12.6 Å². The van der Waals surface area contributed by atoms with Gasteiger partial charge in [0.2, 0.25) is 0 Å². The summed E-state index contributed by atoms with van der Waals surface area (Å²) < 4.78 is 0. The molecule has 1 aromatic rings. The van der Waals surface area contributed by atoms with Crippen LogP contribution in [0, 0.1) is 6.92 Å². The molecule has 0 aliphatic rings. The molecule has 0 radical (unpaired) electrons. The zero-order valence-electron chi connectivity index (χ0n) is 11.2. The van der Waals surface area contributed by atoms with Gasteiger partial charge >= 0.3 is 0 Å². The lowest BCUT2D eigenvalue weighted by molar-refractivity contribution is 0.664. The van der Waals surface area contributed by atoms with Crippen molar-refractivity contribution in [2.75, 3.05) is 24.0 Å². The quantitative estimate of drug-likeness (QED) is 0.845. The summed E-state index contributed by atoms with van der Waals surface area (Å²) in [7, 11) is 2.13. The maximum Gasteiger partial charge on any atom is 0.131 e. The summed E-state index contributed by atoms with van der Waals surface area (Å²) in [6.07, 6.45) is 5.16. The fourth-order valence-corrected chi connectivity index (χ4v) is 2.82. The van der Waals surface area contributed by atoms with Gasteiger partial charge in [-0.05, 0) is 36.8 Å². The Labute approximate surface area is 109 Å². The minimum atomic E-state index is 0.542. The predicted octanol–water partition coefficient (Wildman–Crippen LogP) is 2.43. The highest BCUT2D eigenvalue weighted by molar-refractivity contribution is 7.98. The molecule has 0 spiro atoms. The topological polar surface area (TPSA) is 42.2 Å². The van der Waals surface area contributed by atoms with Crippen LogP contribution in [0.4, 0.5) is 5.82 Å². The zero-order valence-corrected chi connectivity index (χ0v) is 12.0. The van der Waals surface area contributed by atoms with E-state index in [2.05, 4.69) is 43.1 Å². The Balaban J connectivity index is 2.90. The third-order valence-electron chi connectivity index (χ3n) is 3.06. The van der Waals surface area contributed by atoms with E-state index in [1.807, 2.05) is 18.0 Å². The fraction of sp³-hybridized carbons (Fsp3) is 0.615. The average molecular weight is 253 g/mol. The first kappa shape index (κ1) is 14.3. The Morgan fingerprint density at radius 3 is 2.71 bits per heavy atom. The third kappa shape index (κ3) is 3.61. The molecule has 0 amide bonds. The Kier molecular flexibility index (Phi) is 5.78. The maximum atomic E-state index is 5.62. The van der Waals surface area contributed by atoms with E-state index in [4.69, 9.17) is 5.73 Å². The summed E-state index contributed by atoms with van der Waals surface area (Å²) in [5.41, 5.74) is 7.92. The van der Waals surface area contributed by atoms with Crippen molar-refractivity contribution in [3.05, 3.63) is 23.4 Å². The molecule has 0 aliphatic heterocycles. The van der Waals surface area contributed by atoms with E-state index < -0.39 is 0 Å². The lowest BCUT2D eigenvalue weighted by Gasteiger charge is -2.29. The van der Waals surface area contributed by atoms with Crippen molar-refractivity contribution in [2.45, 2.75) is 32.9 Å². The van der Waals surface area contributed by atoms with Gasteiger partial charge in [0.05, 0.1) is 0 Å². The molecule has 1 unspecified atom stereocenters. The van der Waals surface area contributed by atoms with Gasteiger partial charge in [-0.3, -0.25) is 0 Å². The van der Waals surface area contributed by atoms with E-state index in [9.17, 15) is 0 Å². The molecule has 0 saturated heterocycles. The molecule has 1 atom stereocenters. The summed E-state index contributed by atoms with van der Waals surface area (Å²) in [6, 6.07) is 2.67. The van der Waals surface area contributed by atoms with Crippen molar-refractivity contribution >= 4 is 17.6 Å². The molecule has 96 valence electrons. The summed E-state index contributed by atoms with van der Waals surface area (Å²) in [4.78, 5) is 6.82. The summed E-state index contributed by atoms with van der Waals surface area (Å²) >= 11 is 1.88. The minimum absolute atomic E-state index is 0.542. The standard InChI is InChI=1S/C13H23N3S/c1-5-12(9-17-4)16(3)13-10(2)6-11(7-14)8-15-13/h6,8,12H,5,7,9,14H2,1-4H3. The second-order valence-corrected chi connectivity index (χ2v) is 5.23. The lowest BCUT2D eigenvalue weighted by atomic mass is 10.1. The second kappa shape index (κ2) is 6.87.